The number of hydrogen-bond acceptors (Lipinski definition) is 6. The zero-order valence-corrected chi connectivity index (χ0v) is 20.3. The first-order valence-electron chi connectivity index (χ1n) is 11.4. The Bertz CT molecular complexity index is 1190. The number of nitrogens with zero attached hydrogens (tertiary/aromatic N) is 2. The van der Waals surface area contributed by atoms with E-state index in [1.54, 1.807) is 20.8 Å². The molecule has 0 bridgehead atoms. The van der Waals surface area contributed by atoms with E-state index in [0.29, 0.717) is 23.2 Å². The molecule has 0 aliphatic heterocycles. The van der Waals surface area contributed by atoms with Gasteiger partial charge >= 0.3 is 11.7 Å². The van der Waals surface area contributed by atoms with E-state index in [4.69, 9.17) is 4.74 Å². The number of carbonyl (C=O) groups excluding carboxylic acids is 1. The molecule has 1 unspecified atom stereocenters. The molecule has 0 radical (unpaired) electrons. The fraction of sp³-hybridized carbons (Fsp3) is 0.696. The Morgan fingerprint density at radius 3 is 2.52 bits per heavy atom. The number of rotatable bonds is 7. The van der Waals surface area contributed by atoms with Crippen LogP contribution in [-0.4, -0.2) is 33.2 Å². The third-order valence-electron chi connectivity index (χ3n) is 6.18. The lowest BCUT2D eigenvalue weighted by molar-refractivity contribution is -0.153. The molecule has 0 spiro atoms. The summed E-state index contributed by atoms with van der Waals surface area (Å²) in [6, 6.07) is -0.112. The number of esters is 1. The topological polar surface area (TPSA) is 82.3 Å². The Morgan fingerprint density at radius 1 is 1.24 bits per heavy atom. The van der Waals surface area contributed by atoms with Crippen molar-refractivity contribution in [1.29, 1.82) is 0 Å². The minimum absolute atomic E-state index is 0.0151. The molecule has 2 heterocycles. The number of fused-ring (bicyclic) bond motifs is 1. The molecule has 1 atom stereocenters. The largest absolute Gasteiger partial charge is 0.459 e. The van der Waals surface area contributed by atoms with Gasteiger partial charge in [0.05, 0.1) is 11.9 Å². The number of aryl methyl sites for hydroxylation is 1. The molecule has 2 aromatic rings. The number of nitrogens with one attached hydrogen (secondary N) is 1. The molecule has 2 fully saturated rings. The van der Waals surface area contributed by atoms with Crippen LogP contribution >= 0.6 is 11.3 Å². The van der Waals surface area contributed by atoms with Gasteiger partial charge in [-0.15, -0.1) is 11.3 Å². The highest BCUT2D eigenvalue weighted by Crippen LogP contribution is 2.40. The number of carbonyl (C=O) groups is 1. The van der Waals surface area contributed by atoms with Crippen molar-refractivity contribution in [3.05, 3.63) is 31.3 Å². The van der Waals surface area contributed by atoms with E-state index < -0.39 is 17.2 Å². The maximum Gasteiger partial charge on any atom is 0.332 e. The second-order valence-corrected chi connectivity index (χ2v) is 11.4. The normalized spacial score (nSPS) is 20.5. The molecular weight excluding hydrogens is 452 g/mol. The maximum absolute atomic E-state index is 13.8. The second-order valence-electron chi connectivity index (χ2n) is 10.3. The average Bonchev–Trinajstić information content (AvgIpc) is 3.37. The molecule has 2 aromatic heterocycles. The number of aromatic nitrogens is 2. The van der Waals surface area contributed by atoms with Crippen LogP contribution < -0.4 is 16.6 Å². The van der Waals surface area contributed by atoms with Crippen LogP contribution in [0.25, 0.3) is 10.2 Å². The fourth-order valence-corrected chi connectivity index (χ4v) is 5.77. The Morgan fingerprint density at radius 2 is 1.94 bits per heavy atom. The Kier molecular flexibility index (Phi) is 6.28. The average molecular weight is 484 g/mol. The highest BCUT2D eigenvalue weighted by atomic mass is 32.1. The van der Waals surface area contributed by atoms with Gasteiger partial charge in [0.15, 0.2) is 0 Å². The number of alkyl halides is 2. The maximum atomic E-state index is 13.8. The molecule has 4 rings (SSSR count). The molecule has 2 aliphatic carbocycles. The fourth-order valence-electron chi connectivity index (χ4n) is 4.51. The van der Waals surface area contributed by atoms with Crippen LogP contribution in [0.15, 0.2) is 9.59 Å². The van der Waals surface area contributed by atoms with Crippen LogP contribution in [0.2, 0.25) is 0 Å². The first-order valence-corrected chi connectivity index (χ1v) is 12.3. The lowest BCUT2D eigenvalue weighted by Crippen LogP contribution is -2.40. The number of halogens is 2. The van der Waals surface area contributed by atoms with Gasteiger partial charge in [0, 0.05) is 36.9 Å². The Labute approximate surface area is 194 Å². The van der Waals surface area contributed by atoms with Crippen LogP contribution in [0, 0.1) is 12.8 Å². The van der Waals surface area contributed by atoms with Crippen molar-refractivity contribution in [2.75, 3.05) is 6.54 Å². The van der Waals surface area contributed by atoms with Crippen molar-refractivity contribution >= 4 is 27.5 Å². The van der Waals surface area contributed by atoms with Gasteiger partial charge in [-0.25, -0.2) is 13.6 Å². The summed E-state index contributed by atoms with van der Waals surface area (Å²) in [7, 11) is 0. The lowest BCUT2D eigenvalue weighted by atomic mass is 10.1. The SMILES string of the molecule is Cc1c(CNCC(=O)OC(C)(C)C)sc2c1c(=O)n(C1CC1)c(=O)n2CC1CCC(F)(F)C1. The molecule has 0 saturated heterocycles. The molecular formula is C23H31F2N3O4S. The number of ether oxygens (including phenoxy) is 1. The predicted molar refractivity (Wildman–Crippen MR) is 123 cm³/mol. The van der Waals surface area contributed by atoms with Crippen molar-refractivity contribution in [1.82, 2.24) is 14.5 Å². The zero-order valence-electron chi connectivity index (χ0n) is 19.5. The van der Waals surface area contributed by atoms with Crippen molar-refractivity contribution < 1.29 is 18.3 Å². The first-order chi connectivity index (χ1) is 15.4. The molecule has 1 N–H and O–H groups in total. The van der Waals surface area contributed by atoms with E-state index in [1.807, 2.05) is 6.92 Å². The number of hydrogen-bond donors (Lipinski definition) is 1. The predicted octanol–water partition coefficient (Wildman–Crippen LogP) is 3.73. The monoisotopic (exact) mass is 483 g/mol. The summed E-state index contributed by atoms with van der Waals surface area (Å²) in [4.78, 5) is 39.9. The van der Waals surface area contributed by atoms with Gasteiger partial charge in [-0.05, 0) is 58.4 Å². The van der Waals surface area contributed by atoms with Gasteiger partial charge in [-0.3, -0.25) is 18.7 Å². The summed E-state index contributed by atoms with van der Waals surface area (Å²) in [5, 5.41) is 3.53. The third kappa shape index (κ3) is 5.21. The van der Waals surface area contributed by atoms with E-state index in [0.717, 1.165) is 23.3 Å². The van der Waals surface area contributed by atoms with Crippen LogP contribution in [0.1, 0.15) is 69.4 Å². The quantitative estimate of drug-likeness (QED) is 0.607. The molecule has 0 amide bonds. The van der Waals surface area contributed by atoms with Crippen LogP contribution in [0.4, 0.5) is 8.78 Å². The Balaban J connectivity index is 1.65. The van der Waals surface area contributed by atoms with E-state index in [1.165, 1.54) is 20.5 Å². The highest BCUT2D eigenvalue weighted by Gasteiger charge is 2.40. The molecule has 182 valence electrons. The third-order valence-corrected chi connectivity index (χ3v) is 7.49. The van der Waals surface area contributed by atoms with Crippen LogP contribution in [0.3, 0.4) is 0 Å². The van der Waals surface area contributed by atoms with Crippen molar-refractivity contribution in [2.45, 2.75) is 90.5 Å². The summed E-state index contributed by atoms with van der Waals surface area (Å²) in [5.41, 5.74) is -0.526. The minimum Gasteiger partial charge on any atom is -0.459 e. The summed E-state index contributed by atoms with van der Waals surface area (Å²) in [5.74, 6) is -3.38. The van der Waals surface area contributed by atoms with Gasteiger partial charge in [-0.1, -0.05) is 0 Å². The summed E-state index contributed by atoms with van der Waals surface area (Å²) < 4.78 is 35.7. The zero-order chi connectivity index (χ0) is 24.1. The van der Waals surface area contributed by atoms with Gasteiger partial charge in [0.2, 0.25) is 5.92 Å². The van der Waals surface area contributed by atoms with Gasteiger partial charge in [0.25, 0.3) is 5.56 Å². The molecule has 0 aromatic carbocycles. The van der Waals surface area contributed by atoms with E-state index in [2.05, 4.69) is 5.32 Å². The summed E-state index contributed by atoms with van der Waals surface area (Å²) in [6.45, 7) is 7.76. The van der Waals surface area contributed by atoms with Crippen LogP contribution in [0.5, 0.6) is 0 Å². The van der Waals surface area contributed by atoms with Crippen LogP contribution in [-0.2, 0) is 22.6 Å². The Hall–Kier alpha value is -2.07. The van der Waals surface area contributed by atoms with Crippen molar-refractivity contribution in [3.63, 3.8) is 0 Å². The molecule has 10 heteroatoms. The lowest BCUT2D eigenvalue weighted by Gasteiger charge is -2.19. The summed E-state index contributed by atoms with van der Waals surface area (Å²) >= 11 is 1.32. The molecule has 33 heavy (non-hydrogen) atoms. The molecule has 7 nitrogen and oxygen atoms in total. The second kappa shape index (κ2) is 8.61. The van der Waals surface area contributed by atoms with Crippen molar-refractivity contribution in [2.24, 2.45) is 5.92 Å². The smallest absolute Gasteiger partial charge is 0.332 e. The standard InChI is InChI=1S/C23H31F2N3O4S/c1-13-16(10-26-11-17(29)32-22(2,3)4)33-20-18(13)19(30)28(15-5-6-15)21(31)27(20)12-14-7-8-23(24,25)9-14/h14-15,26H,5-12H2,1-4H3. The van der Waals surface area contributed by atoms with E-state index >= 15 is 0 Å². The van der Waals surface area contributed by atoms with Gasteiger partial charge < -0.3 is 10.1 Å². The highest BCUT2D eigenvalue weighted by molar-refractivity contribution is 7.18. The number of thiophene rings is 1. The van der Waals surface area contributed by atoms with E-state index in [9.17, 15) is 23.2 Å². The van der Waals surface area contributed by atoms with E-state index in [-0.39, 0.29) is 49.4 Å². The summed E-state index contributed by atoms with van der Waals surface area (Å²) in [6.07, 6.45) is 1.50. The first kappa shape index (κ1) is 24.1. The minimum atomic E-state index is -2.69. The van der Waals surface area contributed by atoms with Crippen molar-refractivity contribution in [3.8, 4) is 0 Å². The molecule has 2 aliphatic rings. The van der Waals surface area contributed by atoms with Gasteiger partial charge in [0.1, 0.15) is 10.4 Å². The van der Waals surface area contributed by atoms with Gasteiger partial charge in [-0.2, -0.15) is 0 Å². The molecule has 2 saturated carbocycles.